The zero-order valence-electron chi connectivity index (χ0n) is 7.04. The Morgan fingerprint density at radius 3 is 0.800 bits per heavy atom. The van der Waals surface area contributed by atoms with Crippen LogP contribution in [0.1, 0.15) is 13.8 Å². The van der Waals surface area contributed by atoms with Crippen LogP contribution in [-0.4, -0.2) is 7.05 Å². The topological polar surface area (TPSA) is 26.0 Å². The van der Waals surface area contributed by atoms with Crippen molar-refractivity contribution in [2.75, 3.05) is 7.05 Å². The molecule has 0 unspecified atom stereocenters. The van der Waals surface area contributed by atoms with Gasteiger partial charge >= 0.3 is 0 Å². The van der Waals surface area contributed by atoms with Crippen LogP contribution in [0.2, 0.25) is 0 Å². The number of hydrogen-bond acceptors (Lipinski definition) is 1. The summed E-state index contributed by atoms with van der Waals surface area (Å²) in [7, 11) is 1.50. The number of nitrogens with two attached hydrogens (primary N) is 1. The van der Waals surface area contributed by atoms with Gasteiger partial charge in [-0.2, -0.15) is 0 Å². The van der Waals surface area contributed by atoms with Gasteiger partial charge in [0, 0.05) is 0 Å². The van der Waals surface area contributed by atoms with Gasteiger partial charge in [0.15, 0.2) is 0 Å². The number of benzene rings is 1. The molecule has 0 fully saturated rings. The summed E-state index contributed by atoms with van der Waals surface area (Å²) in [6.07, 6.45) is 0. The molecule has 0 radical (unpaired) electrons. The maximum absolute atomic E-state index is 4.50. The molecule has 0 amide bonds. The summed E-state index contributed by atoms with van der Waals surface area (Å²) < 4.78 is 0. The average Bonchev–Trinajstić information content (AvgIpc) is 2.14. The highest BCUT2D eigenvalue weighted by molar-refractivity contribution is 4.99. The normalized spacial score (nSPS) is 6.00. The Bertz CT molecular complexity index is 76.7. The van der Waals surface area contributed by atoms with Crippen LogP contribution >= 0.6 is 0 Å². The quantitative estimate of drug-likeness (QED) is 0.586. The van der Waals surface area contributed by atoms with Gasteiger partial charge in [0.1, 0.15) is 0 Å². The zero-order valence-corrected chi connectivity index (χ0v) is 7.04. The molecule has 1 rings (SSSR count). The Morgan fingerprint density at radius 2 is 0.700 bits per heavy atom. The molecule has 0 aromatic heterocycles. The van der Waals surface area contributed by atoms with E-state index in [1.165, 1.54) is 7.05 Å². The second-order valence-corrected chi connectivity index (χ2v) is 1.15. The third kappa shape index (κ3) is 10.2. The Kier molecular flexibility index (Phi) is 18.7. The van der Waals surface area contributed by atoms with Crippen molar-refractivity contribution < 1.29 is 0 Å². The van der Waals surface area contributed by atoms with E-state index >= 15 is 0 Å². The van der Waals surface area contributed by atoms with Gasteiger partial charge in [0.2, 0.25) is 0 Å². The Labute approximate surface area is 63.9 Å². The fraction of sp³-hybridized carbons (Fsp3) is 0.333. The molecule has 0 aliphatic heterocycles. The van der Waals surface area contributed by atoms with E-state index < -0.39 is 0 Å². The Balaban J connectivity index is 0. The molecule has 2 N–H and O–H groups in total. The summed E-state index contributed by atoms with van der Waals surface area (Å²) in [4.78, 5) is 0. The van der Waals surface area contributed by atoms with Crippen LogP contribution in [0.15, 0.2) is 36.4 Å². The summed E-state index contributed by atoms with van der Waals surface area (Å²) in [5.74, 6) is 0. The van der Waals surface area contributed by atoms with Crippen LogP contribution in [0.4, 0.5) is 0 Å². The van der Waals surface area contributed by atoms with Crippen molar-refractivity contribution >= 4 is 0 Å². The van der Waals surface area contributed by atoms with Gasteiger partial charge in [-0.05, 0) is 7.05 Å². The Hall–Kier alpha value is -0.820. The van der Waals surface area contributed by atoms with Crippen molar-refractivity contribution in [2.24, 2.45) is 5.73 Å². The standard InChI is InChI=1S/C6H6.C2H6.CH5N/c1-2-4-6-5-3-1;2*1-2/h1-6H;1-2H3;2H2,1H3. The fourth-order valence-electron chi connectivity index (χ4n) is 0.385. The molecule has 58 valence electrons. The van der Waals surface area contributed by atoms with Crippen LogP contribution in [0.5, 0.6) is 0 Å². The first-order valence-electron chi connectivity index (χ1n) is 3.58. The van der Waals surface area contributed by atoms with Gasteiger partial charge in [-0.3, -0.25) is 0 Å². The van der Waals surface area contributed by atoms with E-state index in [4.69, 9.17) is 0 Å². The summed E-state index contributed by atoms with van der Waals surface area (Å²) in [5.41, 5.74) is 4.50. The smallest absolute Gasteiger partial charge is 0.0195 e. The second-order valence-electron chi connectivity index (χ2n) is 1.15. The highest BCUT2D eigenvalue weighted by Gasteiger charge is 1.57. The van der Waals surface area contributed by atoms with Crippen LogP contribution in [0.3, 0.4) is 0 Å². The minimum absolute atomic E-state index is 1.50. The van der Waals surface area contributed by atoms with Gasteiger partial charge in [-0.15, -0.1) is 0 Å². The molecule has 1 heteroatoms. The predicted molar refractivity (Wildman–Crippen MR) is 47.9 cm³/mol. The van der Waals surface area contributed by atoms with Crippen LogP contribution in [-0.2, 0) is 0 Å². The molecule has 0 bridgehead atoms. The molecule has 1 nitrogen and oxygen atoms in total. The van der Waals surface area contributed by atoms with E-state index in [-0.39, 0.29) is 0 Å². The summed E-state index contributed by atoms with van der Waals surface area (Å²) in [6, 6.07) is 12.0. The van der Waals surface area contributed by atoms with Crippen LogP contribution in [0, 0.1) is 0 Å². The first kappa shape index (κ1) is 11.9. The lowest BCUT2D eigenvalue weighted by atomic mass is 10.4. The molecule has 1 aromatic rings. The predicted octanol–water partition coefficient (Wildman–Crippen LogP) is 2.29. The first-order valence-corrected chi connectivity index (χ1v) is 3.58. The molecule has 0 heterocycles. The lowest BCUT2D eigenvalue weighted by molar-refractivity contribution is 1.48. The van der Waals surface area contributed by atoms with Crippen LogP contribution < -0.4 is 5.73 Å². The molecular weight excluding hydrogens is 122 g/mol. The molecule has 0 spiro atoms. The van der Waals surface area contributed by atoms with E-state index in [0.717, 1.165) is 0 Å². The highest BCUT2D eigenvalue weighted by atomic mass is 14.4. The molecule has 0 saturated heterocycles. The highest BCUT2D eigenvalue weighted by Crippen LogP contribution is 1.79. The molecular formula is C9H17N. The lowest BCUT2D eigenvalue weighted by Crippen LogP contribution is -1.69. The largest absolute Gasteiger partial charge is 0.333 e. The molecule has 10 heavy (non-hydrogen) atoms. The summed E-state index contributed by atoms with van der Waals surface area (Å²) in [5, 5.41) is 0. The van der Waals surface area contributed by atoms with E-state index in [2.05, 4.69) is 5.73 Å². The van der Waals surface area contributed by atoms with Crippen LogP contribution in [0.25, 0.3) is 0 Å². The van der Waals surface area contributed by atoms with Gasteiger partial charge in [0.25, 0.3) is 0 Å². The Morgan fingerprint density at radius 1 is 0.600 bits per heavy atom. The van der Waals surface area contributed by atoms with Crippen molar-refractivity contribution in [1.29, 1.82) is 0 Å². The molecule has 1 aromatic carbocycles. The molecule has 0 aliphatic rings. The minimum Gasteiger partial charge on any atom is -0.333 e. The van der Waals surface area contributed by atoms with E-state index in [9.17, 15) is 0 Å². The van der Waals surface area contributed by atoms with Crippen molar-refractivity contribution in [2.45, 2.75) is 13.8 Å². The average molecular weight is 139 g/mol. The van der Waals surface area contributed by atoms with Gasteiger partial charge in [-0.25, -0.2) is 0 Å². The maximum Gasteiger partial charge on any atom is -0.0195 e. The first-order chi connectivity index (χ1) is 5.00. The second kappa shape index (κ2) is 15.7. The SMILES string of the molecule is CC.CN.c1ccccc1. The third-order valence-corrected chi connectivity index (χ3v) is 0.667. The summed E-state index contributed by atoms with van der Waals surface area (Å²) in [6.45, 7) is 4.00. The number of hydrogen-bond donors (Lipinski definition) is 1. The minimum atomic E-state index is 1.50. The monoisotopic (exact) mass is 139 g/mol. The molecule has 0 aliphatic carbocycles. The van der Waals surface area contributed by atoms with E-state index in [0.29, 0.717) is 0 Å². The van der Waals surface area contributed by atoms with E-state index in [1.807, 2.05) is 50.2 Å². The van der Waals surface area contributed by atoms with Crippen molar-refractivity contribution in [1.82, 2.24) is 0 Å². The zero-order chi connectivity index (χ0) is 8.24. The summed E-state index contributed by atoms with van der Waals surface area (Å²) >= 11 is 0. The number of rotatable bonds is 0. The van der Waals surface area contributed by atoms with Crippen molar-refractivity contribution in [3.8, 4) is 0 Å². The van der Waals surface area contributed by atoms with Crippen molar-refractivity contribution in [3.63, 3.8) is 0 Å². The molecule has 0 atom stereocenters. The fourth-order valence-corrected chi connectivity index (χ4v) is 0.385. The van der Waals surface area contributed by atoms with Gasteiger partial charge in [-0.1, -0.05) is 50.2 Å². The van der Waals surface area contributed by atoms with Gasteiger partial charge in [0.05, 0.1) is 0 Å². The maximum atomic E-state index is 4.50. The van der Waals surface area contributed by atoms with E-state index in [1.54, 1.807) is 0 Å². The third-order valence-electron chi connectivity index (χ3n) is 0.667. The van der Waals surface area contributed by atoms with Crippen molar-refractivity contribution in [3.05, 3.63) is 36.4 Å². The van der Waals surface area contributed by atoms with Gasteiger partial charge < -0.3 is 5.73 Å². The molecule has 0 saturated carbocycles. The lowest BCUT2D eigenvalue weighted by Gasteiger charge is -1.69.